The summed E-state index contributed by atoms with van der Waals surface area (Å²) in [5.41, 5.74) is -0.0672. The van der Waals surface area contributed by atoms with Crippen LogP contribution in [0.4, 0.5) is 13.2 Å². The molecule has 7 heteroatoms. The third-order valence-corrected chi connectivity index (χ3v) is 3.51. The molecule has 0 aliphatic heterocycles. The van der Waals surface area contributed by atoms with Crippen molar-refractivity contribution in [3.8, 4) is 5.75 Å². The monoisotopic (exact) mass is 336 g/mol. The van der Waals surface area contributed by atoms with Crippen LogP contribution in [0.3, 0.4) is 0 Å². The fraction of sp³-hybridized carbons (Fsp3) is 0.143. The van der Waals surface area contributed by atoms with E-state index in [1.165, 1.54) is 19.2 Å². The maximum Gasteiger partial charge on any atom is 0.194 e. The van der Waals surface area contributed by atoms with Crippen molar-refractivity contribution in [3.63, 3.8) is 0 Å². The van der Waals surface area contributed by atoms with Gasteiger partial charge in [-0.25, -0.2) is 13.2 Å². The molecule has 2 rings (SSSR count). The minimum atomic E-state index is -1.61. The number of ether oxygens (including phenoxy) is 1. The molecule has 112 valence electrons. The summed E-state index contributed by atoms with van der Waals surface area (Å²) in [6.07, 6.45) is -1.47. The normalized spacial score (nSPS) is 12.3. The average molecular weight is 337 g/mol. The highest BCUT2D eigenvalue weighted by molar-refractivity contribution is 6.34. The summed E-state index contributed by atoms with van der Waals surface area (Å²) in [6, 6.07) is 4.06. The second kappa shape index (κ2) is 6.13. The van der Waals surface area contributed by atoms with Gasteiger partial charge in [-0.2, -0.15) is 0 Å². The average Bonchev–Trinajstić information content (AvgIpc) is 2.45. The van der Waals surface area contributed by atoms with Gasteiger partial charge in [0, 0.05) is 11.6 Å². The first kappa shape index (κ1) is 15.9. The van der Waals surface area contributed by atoms with Gasteiger partial charge in [0.15, 0.2) is 17.5 Å². The van der Waals surface area contributed by atoms with E-state index in [0.717, 1.165) is 0 Å². The molecule has 0 fully saturated rings. The van der Waals surface area contributed by atoms with Gasteiger partial charge in [0.25, 0.3) is 0 Å². The lowest BCUT2D eigenvalue weighted by Gasteiger charge is -2.15. The highest BCUT2D eigenvalue weighted by Gasteiger charge is 2.20. The zero-order valence-electron chi connectivity index (χ0n) is 10.6. The maximum atomic E-state index is 13.2. The Balaban J connectivity index is 2.50. The molecule has 2 aromatic rings. The number of rotatable bonds is 3. The fourth-order valence-corrected chi connectivity index (χ4v) is 2.33. The molecule has 1 atom stereocenters. The van der Waals surface area contributed by atoms with Gasteiger partial charge in [0.2, 0.25) is 0 Å². The SMILES string of the molecule is COc1cc(Cl)c(C(O)c2cc(F)c(F)c(F)c2)cc1Cl. The van der Waals surface area contributed by atoms with E-state index in [-0.39, 0.29) is 26.9 Å². The Labute approximate surface area is 128 Å². The van der Waals surface area contributed by atoms with Gasteiger partial charge in [-0.3, -0.25) is 0 Å². The first-order valence-corrected chi connectivity index (χ1v) is 6.46. The smallest absolute Gasteiger partial charge is 0.194 e. The van der Waals surface area contributed by atoms with Crippen LogP contribution in [0, 0.1) is 17.5 Å². The lowest BCUT2D eigenvalue weighted by atomic mass is 10.0. The van der Waals surface area contributed by atoms with Gasteiger partial charge in [-0.1, -0.05) is 23.2 Å². The minimum absolute atomic E-state index is 0.0916. The number of hydrogen-bond donors (Lipinski definition) is 1. The lowest BCUT2D eigenvalue weighted by molar-refractivity contribution is 0.218. The highest BCUT2D eigenvalue weighted by Crippen LogP contribution is 2.36. The molecule has 0 radical (unpaired) electrons. The summed E-state index contributed by atoms with van der Waals surface area (Å²) in [5.74, 6) is -4.13. The molecule has 2 aromatic carbocycles. The molecular formula is C14H9Cl2F3O2. The molecule has 0 bridgehead atoms. The molecule has 0 spiro atoms. The molecule has 0 amide bonds. The Morgan fingerprint density at radius 1 is 1.00 bits per heavy atom. The predicted molar refractivity (Wildman–Crippen MR) is 73.4 cm³/mol. The van der Waals surface area contributed by atoms with Crippen molar-refractivity contribution in [1.29, 1.82) is 0 Å². The summed E-state index contributed by atoms with van der Waals surface area (Å²) in [4.78, 5) is 0. The molecule has 1 N–H and O–H groups in total. The Bertz CT molecular complexity index is 669. The largest absolute Gasteiger partial charge is 0.495 e. The Morgan fingerprint density at radius 3 is 2.10 bits per heavy atom. The lowest BCUT2D eigenvalue weighted by Crippen LogP contribution is -2.04. The molecule has 0 saturated heterocycles. The highest BCUT2D eigenvalue weighted by atomic mass is 35.5. The standard InChI is InChI=1S/C14H9Cl2F3O2/c1-21-12-5-8(15)7(4-9(12)16)14(20)6-2-10(17)13(19)11(18)3-6/h2-5,14,20H,1H3. The third kappa shape index (κ3) is 3.10. The fourth-order valence-electron chi connectivity index (χ4n) is 1.82. The van der Waals surface area contributed by atoms with Crippen molar-refractivity contribution in [3.05, 3.63) is 62.9 Å². The predicted octanol–water partition coefficient (Wildman–Crippen LogP) is 4.50. The molecule has 2 nitrogen and oxygen atoms in total. The summed E-state index contributed by atoms with van der Waals surface area (Å²) < 4.78 is 44.3. The van der Waals surface area contributed by atoms with Crippen molar-refractivity contribution in [2.75, 3.05) is 7.11 Å². The summed E-state index contributed by atoms with van der Waals surface area (Å²) in [5, 5.41) is 10.4. The van der Waals surface area contributed by atoms with Crippen LogP contribution in [-0.2, 0) is 0 Å². The van der Waals surface area contributed by atoms with E-state index in [4.69, 9.17) is 27.9 Å². The molecule has 0 heterocycles. The number of halogens is 5. The van der Waals surface area contributed by atoms with Crippen LogP contribution in [0.15, 0.2) is 24.3 Å². The quantitative estimate of drug-likeness (QED) is 0.836. The Kier molecular flexibility index (Phi) is 4.66. The van der Waals surface area contributed by atoms with Crippen LogP contribution in [0.25, 0.3) is 0 Å². The summed E-state index contributed by atoms with van der Waals surface area (Å²) in [6.45, 7) is 0. The molecular weight excluding hydrogens is 328 g/mol. The second-order valence-electron chi connectivity index (χ2n) is 4.21. The Morgan fingerprint density at radius 2 is 1.57 bits per heavy atom. The number of benzene rings is 2. The number of hydrogen-bond acceptors (Lipinski definition) is 2. The maximum absolute atomic E-state index is 13.2. The van der Waals surface area contributed by atoms with E-state index in [1.54, 1.807) is 0 Å². The van der Waals surface area contributed by atoms with E-state index in [9.17, 15) is 18.3 Å². The van der Waals surface area contributed by atoms with Crippen LogP contribution in [-0.4, -0.2) is 12.2 Å². The van der Waals surface area contributed by atoms with Crippen LogP contribution in [0.1, 0.15) is 17.2 Å². The van der Waals surface area contributed by atoms with Crippen molar-refractivity contribution < 1.29 is 23.0 Å². The van der Waals surface area contributed by atoms with E-state index >= 15 is 0 Å². The van der Waals surface area contributed by atoms with E-state index in [2.05, 4.69) is 0 Å². The summed E-state index contributed by atoms with van der Waals surface area (Å²) >= 11 is 11.9. The van der Waals surface area contributed by atoms with E-state index in [1.807, 2.05) is 0 Å². The Hall–Kier alpha value is -1.43. The van der Waals surface area contributed by atoms with Crippen LogP contribution in [0.5, 0.6) is 5.75 Å². The number of methoxy groups -OCH3 is 1. The molecule has 0 aliphatic carbocycles. The molecule has 0 aliphatic rings. The number of aliphatic hydroxyl groups excluding tert-OH is 1. The second-order valence-corrected chi connectivity index (χ2v) is 5.02. The summed E-state index contributed by atoms with van der Waals surface area (Å²) in [7, 11) is 1.39. The minimum Gasteiger partial charge on any atom is -0.495 e. The first-order valence-electron chi connectivity index (χ1n) is 5.70. The van der Waals surface area contributed by atoms with Crippen molar-refractivity contribution in [2.24, 2.45) is 0 Å². The molecule has 0 saturated carbocycles. The van der Waals surface area contributed by atoms with Gasteiger partial charge >= 0.3 is 0 Å². The van der Waals surface area contributed by atoms with Crippen LogP contribution >= 0.6 is 23.2 Å². The zero-order valence-corrected chi connectivity index (χ0v) is 12.1. The van der Waals surface area contributed by atoms with E-state index in [0.29, 0.717) is 12.1 Å². The molecule has 1 unspecified atom stereocenters. The topological polar surface area (TPSA) is 29.5 Å². The van der Waals surface area contributed by atoms with Gasteiger partial charge in [0.1, 0.15) is 11.9 Å². The van der Waals surface area contributed by atoms with Crippen molar-refractivity contribution in [2.45, 2.75) is 6.10 Å². The van der Waals surface area contributed by atoms with Crippen molar-refractivity contribution in [1.82, 2.24) is 0 Å². The van der Waals surface area contributed by atoms with Crippen LogP contribution in [0.2, 0.25) is 10.0 Å². The third-order valence-electron chi connectivity index (χ3n) is 2.89. The van der Waals surface area contributed by atoms with E-state index < -0.39 is 23.6 Å². The van der Waals surface area contributed by atoms with Gasteiger partial charge in [0.05, 0.1) is 17.2 Å². The zero-order chi connectivity index (χ0) is 15.7. The van der Waals surface area contributed by atoms with Crippen LogP contribution < -0.4 is 4.74 Å². The van der Waals surface area contributed by atoms with Crippen molar-refractivity contribution >= 4 is 23.2 Å². The first-order chi connectivity index (χ1) is 9.85. The van der Waals surface area contributed by atoms with Gasteiger partial charge < -0.3 is 9.84 Å². The molecule has 21 heavy (non-hydrogen) atoms. The van der Waals surface area contributed by atoms with Gasteiger partial charge in [-0.05, 0) is 23.8 Å². The molecule has 0 aromatic heterocycles. The van der Waals surface area contributed by atoms with Gasteiger partial charge in [-0.15, -0.1) is 0 Å². The number of aliphatic hydroxyl groups is 1.